The van der Waals surface area contributed by atoms with Crippen molar-refractivity contribution in [1.29, 1.82) is 5.26 Å². The van der Waals surface area contributed by atoms with Crippen LogP contribution in [0.1, 0.15) is 6.42 Å². The lowest BCUT2D eigenvalue weighted by molar-refractivity contribution is -0.0755. The zero-order valence-electron chi connectivity index (χ0n) is 9.56. The van der Waals surface area contributed by atoms with E-state index in [9.17, 15) is 0 Å². The number of hydrogen-bond donors (Lipinski definition) is 1. The summed E-state index contributed by atoms with van der Waals surface area (Å²) in [5, 5.41) is 11.9. The Labute approximate surface area is 96.9 Å². The van der Waals surface area contributed by atoms with Gasteiger partial charge in [-0.2, -0.15) is 5.26 Å². The van der Waals surface area contributed by atoms with E-state index < -0.39 is 0 Å². The van der Waals surface area contributed by atoms with E-state index in [4.69, 9.17) is 10.00 Å². The van der Waals surface area contributed by atoms with Gasteiger partial charge >= 0.3 is 0 Å². The van der Waals surface area contributed by atoms with Crippen LogP contribution in [0.3, 0.4) is 0 Å². The topological polar surface area (TPSA) is 48.3 Å². The van der Waals surface area contributed by atoms with Gasteiger partial charge in [-0.3, -0.25) is 4.90 Å². The number of allylic oxidation sites excluding steroid dienone is 1. The molecule has 0 radical (unpaired) electrons. The summed E-state index contributed by atoms with van der Waals surface area (Å²) in [5.74, 6) is 0.654. The number of nitriles is 1. The molecule has 4 nitrogen and oxygen atoms in total. The standard InChI is InChI=1S/C12H19N3O/c13-4-2-1-3-12(11-9-16-10-11)15-7-5-14-6-8-15/h1-2,11-12,14H,3,5-10H2. The van der Waals surface area contributed by atoms with Crippen molar-refractivity contribution in [3.8, 4) is 6.07 Å². The van der Waals surface area contributed by atoms with Crippen molar-refractivity contribution in [2.45, 2.75) is 12.5 Å². The van der Waals surface area contributed by atoms with Crippen LogP contribution in [0.15, 0.2) is 12.2 Å². The summed E-state index contributed by atoms with van der Waals surface area (Å²) in [4.78, 5) is 2.53. The van der Waals surface area contributed by atoms with Crippen LogP contribution in [0.25, 0.3) is 0 Å². The molecule has 2 rings (SSSR count). The van der Waals surface area contributed by atoms with E-state index in [0.29, 0.717) is 12.0 Å². The molecule has 0 bridgehead atoms. The van der Waals surface area contributed by atoms with Crippen LogP contribution in [0, 0.1) is 17.2 Å². The second-order valence-corrected chi connectivity index (χ2v) is 4.42. The Hall–Kier alpha value is -0.890. The average molecular weight is 221 g/mol. The normalized spacial score (nSPS) is 25.2. The van der Waals surface area contributed by atoms with E-state index in [0.717, 1.165) is 45.8 Å². The molecule has 1 unspecified atom stereocenters. The second kappa shape index (κ2) is 6.00. The fraction of sp³-hybridized carbons (Fsp3) is 0.750. The molecule has 16 heavy (non-hydrogen) atoms. The molecule has 0 aromatic carbocycles. The predicted octanol–water partition coefficient (Wildman–Crippen LogP) is 0.376. The summed E-state index contributed by atoms with van der Waals surface area (Å²) in [5.41, 5.74) is 0. The van der Waals surface area contributed by atoms with Gasteiger partial charge in [0.05, 0.1) is 19.3 Å². The molecule has 0 aromatic rings. The maximum atomic E-state index is 8.51. The molecule has 2 saturated heterocycles. The molecule has 2 aliphatic rings. The summed E-state index contributed by atoms with van der Waals surface area (Å²) in [6.07, 6.45) is 4.56. The van der Waals surface area contributed by atoms with Crippen LogP contribution in [-0.2, 0) is 4.74 Å². The molecule has 0 spiro atoms. The molecule has 1 N–H and O–H groups in total. The van der Waals surface area contributed by atoms with E-state index >= 15 is 0 Å². The third-order valence-electron chi connectivity index (χ3n) is 3.40. The third-order valence-corrected chi connectivity index (χ3v) is 3.40. The first-order valence-corrected chi connectivity index (χ1v) is 5.99. The van der Waals surface area contributed by atoms with E-state index in [-0.39, 0.29) is 0 Å². The molecule has 2 fully saturated rings. The molecule has 0 amide bonds. The Bertz CT molecular complexity index is 274. The summed E-state index contributed by atoms with van der Waals surface area (Å²) < 4.78 is 5.28. The van der Waals surface area contributed by atoms with Gasteiger partial charge in [0.15, 0.2) is 0 Å². The van der Waals surface area contributed by atoms with Crippen molar-refractivity contribution >= 4 is 0 Å². The van der Waals surface area contributed by atoms with Crippen molar-refractivity contribution in [3.05, 3.63) is 12.2 Å². The Kier molecular flexibility index (Phi) is 4.34. The van der Waals surface area contributed by atoms with Crippen LogP contribution in [-0.4, -0.2) is 50.3 Å². The van der Waals surface area contributed by atoms with Crippen molar-refractivity contribution < 1.29 is 4.74 Å². The molecule has 2 heterocycles. The van der Waals surface area contributed by atoms with Crippen molar-refractivity contribution in [2.24, 2.45) is 5.92 Å². The smallest absolute Gasteiger partial charge is 0.0908 e. The number of rotatable bonds is 4. The van der Waals surface area contributed by atoms with Crippen molar-refractivity contribution in [2.75, 3.05) is 39.4 Å². The van der Waals surface area contributed by atoms with Crippen LogP contribution in [0.4, 0.5) is 0 Å². The molecular weight excluding hydrogens is 202 g/mol. The maximum Gasteiger partial charge on any atom is 0.0908 e. The molecule has 88 valence electrons. The van der Waals surface area contributed by atoms with Gasteiger partial charge in [0.1, 0.15) is 0 Å². The summed E-state index contributed by atoms with van der Waals surface area (Å²) in [6, 6.07) is 2.61. The number of hydrogen-bond acceptors (Lipinski definition) is 4. The van der Waals surface area contributed by atoms with Gasteiger partial charge in [-0.05, 0) is 6.42 Å². The SMILES string of the molecule is N#CC=CCC(C1COC1)N1CCNCC1. The Morgan fingerprint density at radius 2 is 2.19 bits per heavy atom. The fourth-order valence-corrected chi connectivity index (χ4v) is 2.39. The quantitative estimate of drug-likeness (QED) is 0.697. The molecule has 2 aliphatic heterocycles. The largest absolute Gasteiger partial charge is 0.381 e. The second-order valence-electron chi connectivity index (χ2n) is 4.42. The Morgan fingerprint density at radius 3 is 2.75 bits per heavy atom. The first-order chi connectivity index (χ1) is 7.92. The first-order valence-electron chi connectivity index (χ1n) is 5.99. The maximum absolute atomic E-state index is 8.51. The van der Waals surface area contributed by atoms with E-state index in [2.05, 4.69) is 16.3 Å². The number of ether oxygens (including phenoxy) is 1. The lowest BCUT2D eigenvalue weighted by atomic mass is 9.93. The third kappa shape index (κ3) is 2.82. The zero-order chi connectivity index (χ0) is 11.2. The summed E-state index contributed by atoms with van der Waals surface area (Å²) in [7, 11) is 0. The molecule has 1 atom stereocenters. The zero-order valence-corrected chi connectivity index (χ0v) is 9.56. The van der Waals surface area contributed by atoms with Gasteiger partial charge in [0, 0.05) is 44.2 Å². The average Bonchev–Trinajstić information content (AvgIpc) is 2.27. The lowest BCUT2D eigenvalue weighted by Gasteiger charge is -2.42. The summed E-state index contributed by atoms with van der Waals surface area (Å²) >= 11 is 0. The minimum atomic E-state index is 0.556. The first kappa shape index (κ1) is 11.6. The molecule has 4 heteroatoms. The molecule has 0 aromatic heterocycles. The minimum absolute atomic E-state index is 0.556. The van der Waals surface area contributed by atoms with Crippen LogP contribution < -0.4 is 5.32 Å². The highest BCUT2D eigenvalue weighted by molar-refractivity contribution is 5.04. The van der Waals surface area contributed by atoms with Crippen LogP contribution >= 0.6 is 0 Å². The van der Waals surface area contributed by atoms with E-state index in [1.165, 1.54) is 0 Å². The number of piperazine rings is 1. The van der Waals surface area contributed by atoms with Gasteiger partial charge in [0.2, 0.25) is 0 Å². The molecular formula is C12H19N3O. The Morgan fingerprint density at radius 1 is 1.44 bits per heavy atom. The molecule has 0 saturated carbocycles. The fourth-order valence-electron chi connectivity index (χ4n) is 2.39. The molecule has 0 aliphatic carbocycles. The van der Waals surface area contributed by atoms with Gasteiger partial charge in [-0.15, -0.1) is 0 Å². The monoisotopic (exact) mass is 221 g/mol. The lowest BCUT2D eigenvalue weighted by Crippen LogP contribution is -2.54. The summed E-state index contributed by atoms with van der Waals surface area (Å²) in [6.45, 7) is 6.14. The number of nitrogens with zero attached hydrogens (tertiary/aromatic N) is 2. The van der Waals surface area contributed by atoms with Crippen LogP contribution in [0.5, 0.6) is 0 Å². The van der Waals surface area contributed by atoms with Gasteiger partial charge in [-0.1, -0.05) is 6.08 Å². The van der Waals surface area contributed by atoms with Gasteiger partial charge in [0.25, 0.3) is 0 Å². The highest BCUT2D eigenvalue weighted by atomic mass is 16.5. The highest BCUT2D eigenvalue weighted by Crippen LogP contribution is 2.23. The number of nitrogens with one attached hydrogen (secondary N) is 1. The highest BCUT2D eigenvalue weighted by Gasteiger charge is 2.32. The minimum Gasteiger partial charge on any atom is -0.381 e. The van der Waals surface area contributed by atoms with Crippen molar-refractivity contribution in [1.82, 2.24) is 10.2 Å². The van der Waals surface area contributed by atoms with E-state index in [1.807, 2.05) is 6.08 Å². The Balaban J connectivity index is 1.90. The van der Waals surface area contributed by atoms with E-state index in [1.54, 1.807) is 6.08 Å². The van der Waals surface area contributed by atoms with Gasteiger partial charge in [-0.25, -0.2) is 0 Å². The van der Waals surface area contributed by atoms with Crippen LogP contribution in [0.2, 0.25) is 0 Å². The van der Waals surface area contributed by atoms with Gasteiger partial charge < -0.3 is 10.1 Å². The predicted molar refractivity (Wildman–Crippen MR) is 61.9 cm³/mol. The van der Waals surface area contributed by atoms with Crippen molar-refractivity contribution in [3.63, 3.8) is 0 Å².